The van der Waals surface area contributed by atoms with Crippen LogP contribution in [-0.4, -0.2) is 58.4 Å². The third-order valence-electron chi connectivity index (χ3n) is 7.78. The summed E-state index contributed by atoms with van der Waals surface area (Å²) in [6.07, 6.45) is 8.19. The number of ether oxygens (including phenoxy) is 1. The van der Waals surface area contributed by atoms with E-state index in [1.807, 2.05) is 27.7 Å². The molecule has 0 aromatic carbocycles. The molecule has 6 nitrogen and oxygen atoms in total. The van der Waals surface area contributed by atoms with Crippen molar-refractivity contribution in [2.75, 3.05) is 13.1 Å². The zero-order valence-electron chi connectivity index (χ0n) is 22.1. The first-order valence-electron chi connectivity index (χ1n) is 13.3. The van der Waals surface area contributed by atoms with E-state index in [0.717, 1.165) is 19.3 Å². The molecule has 0 aromatic heterocycles. The number of aliphatic hydroxyl groups is 2. The SMILES string of the molecule is CC[C@H](C)C(=O)O[C@H]1C[C@@H](C)C=C2C=C[C@H](C)[C@H](CC[C@@H](O)C[C@@H](O)CC(=O)N(CC)CC)[C@H]21. The molecule has 34 heavy (non-hydrogen) atoms. The summed E-state index contributed by atoms with van der Waals surface area (Å²) in [7, 11) is 0. The lowest BCUT2D eigenvalue weighted by Gasteiger charge is -2.43. The second-order valence-electron chi connectivity index (χ2n) is 10.5. The summed E-state index contributed by atoms with van der Waals surface area (Å²) in [5.74, 6) is 0.733. The molecule has 0 fully saturated rings. The van der Waals surface area contributed by atoms with Crippen LogP contribution in [-0.2, 0) is 14.3 Å². The van der Waals surface area contributed by atoms with Crippen LogP contribution in [0.15, 0.2) is 23.8 Å². The van der Waals surface area contributed by atoms with E-state index in [4.69, 9.17) is 4.74 Å². The van der Waals surface area contributed by atoms with Gasteiger partial charge in [-0.2, -0.15) is 0 Å². The number of fused-ring (bicyclic) bond motifs is 1. The van der Waals surface area contributed by atoms with E-state index in [2.05, 4.69) is 32.1 Å². The van der Waals surface area contributed by atoms with Crippen LogP contribution < -0.4 is 0 Å². The fourth-order valence-corrected chi connectivity index (χ4v) is 5.46. The lowest BCUT2D eigenvalue weighted by atomic mass is 9.65. The number of hydrogen-bond acceptors (Lipinski definition) is 5. The Morgan fingerprint density at radius 3 is 2.44 bits per heavy atom. The third-order valence-corrected chi connectivity index (χ3v) is 7.78. The summed E-state index contributed by atoms with van der Waals surface area (Å²) in [4.78, 5) is 26.6. The molecule has 0 aliphatic heterocycles. The van der Waals surface area contributed by atoms with E-state index in [0.29, 0.717) is 31.3 Å². The Labute approximate surface area is 206 Å². The fraction of sp³-hybridized carbons (Fsp3) is 0.786. The Morgan fingerprint density at radius 1 is 1.15 bits per heavy atom. The van der Waals surface area contributed by atoms with Gasteiger partial charge >= 0.3 is 5.97 Å². The number of hydrogen-bond donors (Lipinski definition) is 2. The van der Waals surface area contributed by atoms with Crippen LogP contribution >= 0.6 is 0 Å². The molecule has 0 bridgehead atoms. The van der Waals surface area contributed by atoms with Gasteiger partial charge in [0.15, 0.2) is 0 Å². The minimum Gasteiger partial charge on any atom is -0.461 e. The molecule has 8 atom stereocenters. The van der Waals surface area contributed by atoms with Crippen molar-refractivity contribution in [1.82, 2.24) is 4.90 Å². The van der Waals surface area contributed by atoms with E-state index >= 15 is 0 Å². The highest BCUT2D eigenvalue weighted by atomic mass is 16.5. The highest BCUT2D eigenvalue weighted by Crippen LogP contribution is 2.45. The maximum absolute atomic E-state index is 12.6. The van der Waals surface area contributed by atoms with Gasteiger partial charge in [0.05, 0.1) is 24.5 Å². The second kappa shape index (κ2) is 13.4. The molecule has 0 saturated heterocycles. The van der Waals surface area contributed by atoms with E-state index in [1.165, 1.54) is 5.57 Å². The quantitative estimate of drug-likeness (QED) is 0.404. The smallest absolute Gasteiger partial charge is 0.308 e. The summed E-state index contributed by atoms with van der Waals surface area (Å²) in [6.45, 7) is 13.4. The highest BCUT2D eigenvalue weighted by Gasteiger charge is 2.41. The van der Waals surface area contributed by atoms with Gasteiger partial charge in [0.25, 0.3) is 0 Å². The maximum Gasteiger partial charge on any atom is 0.308 e. The summed E-state index contributed by atoms with van der Waals surface area (Å²) in [5, 5.41) is 21.0. The predicted octanol–water partition coefficient (Wildman–Crippen LogP) is 4.50. The molecule has 0 saturated carbocycles. The van der Waals surface area contributed by atoms with Gasteiger partial charge in [-0.05, 0) is 69.3 Å². The van der Waals surface area contributed by atoms with Gasteiger partial charge < -0.3 is 19.8 Å². The molecule has 0 radical (unpaired) electrons. The molecule has 0 heterocycles. The van der Waals surface area contributed by atoms with Gasteiger partial charge in [0, 0.05) is 19.0 Å². The Bertz CT molecular complexity index is 728. The molecule has 2 rings (SSSR count). The number of carbonyl (C=O) groups is 2. The van der Waals surface area contributed by atoms with E-state index in [1.54, 1.807) is 4.90 Å². The third kappa shape index (κ3) is 7.67. The summed E-state index contributed by atoms with van der Waals surface area (Å²) in [5.41, 5.74) is 1.24. The van der Waals surface area contributed by atoms with Crippen molar-refractivity contribution in [3.05, 3.63) is 23.8 Å². The standard InChI is InChI=1S/C28H47NO5/c1-7-19(5)28(33)34-25-15-18(4)14-21-11-10-20(6)24(27(21)25)13-12-22(30)16-23(31)17-26(32)29(8-2)9-3/h10-11,14,18-20,22-25,27,30-31H,7-9,12-13,15-17H2,1-6H3/t18-,19-,20-,22+,23+,24-,25-,27-/m0/s1. The zero-order chi connectivity index (χ0) is 25.4. The number of esters is 1. The number of amides is 1. The van der Waals surface area contributed by atoms with Gasteiger partial charge in [-0.15, -0.1) is 0 Å². The molecule has 0 spiro atoms. The molecule has 2 N–H and O–H groups in total. The average Bonchev–Trinajstić information content (AvgIpc) is 2.78. The average molecular weight is 478 g/mol. The number of allylic oxidation sites excluding steroid dienone is 3. The van der Waals surface area contributed by atoms with Gasteiger partial charge in [0.1, 0.15) is 6.10 Å². The summed E-state index contributed by atoms with van der Waals surface area (Å²) >= 11 is 0. The van der Waals surface area contributed by atoms with Gasteiger partial charge in [-0.3, -0.25) is 9.59 Å². The van der Waals surface area contributed by atoms with Crippen LogP contribution in [0.2, 0.25) is 0 Å². The lowest BCUT2D eigenvalue weighted by molar-refractivity contribution is -0.158. The molecule has 2 aliphatic carbocycles. The van der Waals surface area contributed by atoms with Gasteiger partial charge in [-0.1, -0.05) is 45.9 Å². The largest absolute Gasteiger partial charge is 0.461 e. The van der Waals surface area contributed by atoms with Gasteiger partial charge in [0.2, 0.25) is 5.91 Å². The van der Waals surface area contributed by atoms with Crippen LogP contribution in [0, 0.1) is 29.6 Å². The Balaban J connectivity index is 2.02. The first-order chi connectivity index (χ1) is 16.1. The number of aliphatic hydroxyl groups excluding tert-OH is 2. The molecule has 0 aromatic rings. The lowest BCUT2D eigenvalue weighted by Crippen LogP contribution is -2.41. The minimum absolute atomic E-state index is 0.0440. The van der Waals surface area contributed by atoms with Crippen LogP contribution in [0.25, 0.3) is 0 Å². The fourth-order valence-electron chi connectivity index (χ4n) is 5.46. The maximum atomic E-state index is 12.6. The Kier molecular flexibility index (Phi) is 11.3. The molecule has 0 unspecified atom stereocenters. The van der Waals surface area contributed by atoms with Crippen molar-refractivity contribution in [1.29, 1.82) is 0 Å². The van der Waals surface area contributed by atoms with Crippen LogP contribution in [0.5, 0.6) is 0 Å². The van der Waals surface area contributed by atoms with Crippen molar-refractivity contribution in [2.45, 2.75) is 98.4 Å². The second-order valence-corrected chi connectivity index (χ2v) is 10.5. The van der Waals surface area contributed by atoms with E-state index < -0.39 is 12.2 Å². The van der Waals surface area contributed by atoms with Crippen molar-refractivity contribution in [2.24, 2.45) is 29.6 Å². The first kappa shape index (κ1) is 28.6. The highest BCUT2D eigenvalue weighted by molar-refractivity contribution is 5.76. The number of nitrogens with zero attached hydrogens (tertiary/aromatic N) is 1. The van der Waals surface area contributed by atoms with Crippen molar-refractivity contribution in [3.8, 4) is 0 Å². The van der Waals surface area contributed by atoms with Gasteiger partial charge in [-0.25, -0.2) is 0 Å². The normalized spacial score (nSPS) is 28.9. The van der Waals surface area contributed by atoms with Crippen molar-refractivity contribution < 1.29 is 24.5 Å². The molecule has 2 aliphatic rings. The van der Waals surface area contributed by atoms with Crippen molar-refractivity contribution in [3.63, 3.8) is 0 Å². The summed E-state index contributed by atoms with van der Waals surface area (Å²) in [6, 6.07) is 0. The van der Waals surface area contributed by atoms with E-state index in [9.17, 15) is 19.8 Å². The molecule has 1 amide bonds. The van der Waals surface area contributed by atoms with Crippen LogP contribution in [0.4, 0.5) is 0 Å². The topological polar surface area (TPSA) is 87.1 Å². The van der Waals surface area contributed by atoms with Crippen LogP contribution in [0.3, 0.4) is 0 Å². The van der Waals surface area contributed by atoms with E-state index in [-0.39, 0.29) is 48.6 Å². The number of rotatable bonds is 12. The number of carbonyl (C=O) groups excluding carboxylic acids is 2. The molecular formula is C28H47NO5. The monoisotopic (exact) mass is 477 g/mol. The minimum atomic E-state index is -0.845. The Morgan fingerprint density at radius 2 is 1.82 bits per heavy atom. The zero-order valence-corrected chi connectivity index (χ0v) is 22.1. The molecule has 194 valence electrons. The van der Waals surface area contributed by atoms with Crippen molar-refractivity contribution >= 4 is 11.9 Å². The van der Waals surface area contributed by atoms with Crippen LogP contribution in [0.1, 0.15) is 80.1 Å². The molecule has 6 heteroatoms. The first-order valence-corrected chi connectivity index (χ1v) is 13.3. The predicted molar refractivity (Wildman–Crippen MR) is 135 cm³/mol. The summed E-state index contributed by atoms with van der Waals surface area (Å²) < 4.78 is 6.06. The molecular weight excluding hydrogens is 430 g/mol. The Hall–Kier alpha value is -1.66.